The molecule has 2 aromatic rings. The molecule has 0 atom stereocenters. The first-order valence-electron chi connectivity index (χ1n) is 8.31. The summed E-state index contributed by atoms with van der Waals surface area (Å²) in [6.07, 6.45) is -0.987. The Bertz CT molecular complexity index is 812. The van der Waals surface area contributed by atoms with Gasteiger partial charge in [-0.15, -0.1) is 0 Å². The molecule has 0 radical (unpaired) electrons. The fraction of sp³-hybridized carbons (Fsp3) is 0.368. The van der Waals surface area contributed by atoms with E-state index < -0.39 is 17.3 Å². The number of hydrogen-bond acceptors (Lipinski definition) is 3. The second-order valence-corrected chi connectivity index (χ2v) is 6.59. The van der Waals surface area contributed by atoms with Crippen LogP contribution < -0.4 is 0 Å². The third-order valence-electron chi connectivity index (χ3n) is 4.87. The first-order valence-corrected chi connectivity index (χ1v) is 8.31. The van der Waals surface area contributed by atoms with E-state index in [2.05, 4.69) is 4.98 Å². The molecule has 0 bridgehead atoms. The Kier molecular flexibility index (Phi) is 4.75. The highest BCUT2D eigenvalue weighted by atomic mass is 19.4. The Labute approximate surface area is 149 Å². The predicted molar refractivity (Wildman–Crippen MR) is 89.5 cm³/mol. The van der Waals surface area contributed by atoms with Crippen molar-refractivity contribution in [3.8, 4) is 0 Å². The molecular formula is C19H19F3N2O2. The average molecular weight is 364 g/mol. The van der Waals surface area contributed by atoms with Crippen molar-refractivity contribution in [3.63, 3.8) is 0 Å². The summed E-state index contributed by atoms with van der Waals surface area (Å²) in [4.78, 5) is 18.2. The van der Waals surface area contributed by atoms with E-state index in [1.54, 1.807) is 17.2 Å². The lowest BCUT2D eigenvalue weighted by Gasteiger charge is -2.39. The number of amides is 1. The Morgan fingerprint density at radius 1 is 1.23 bits per heavy atom. The quantitative estimate of drug-likeness (QED) is 0.887. The number of rotatable bonds is 2. The van der Waals surface area contributed by atoms with Gasteiger partial charge >= 0.3 is 6.18 Å². The van der Waals surface area contributed by atoms with Gasteiger partial charge in [0.05, 0.1) is 16.7 Å². The molecule has 7 heteroatoms. The zero-order valence-corrected chi connectivity index (χ0v) is 14.3. The molecule has 0 unspecified atom stereocenters. The summed E-state index contributed by atoms with van der Waals surface area (Å²) in [7, 11) is 0. The SMILES string of the molecule is Cc1ccncc1C(=O)N1CCC(O)(c2cccc(C(F)(F)F)c2)CC1. The monoisotopic (exact) mass is 364 g/mol. The predicted octanol–water partition coefficient (Wildman–Crippen LogP) is 3.53. The second-order valence-electron chi connectivity index (χ2n) is 6.59. The number of hydrogen-bond donors (Lipinski definition) is 1. The van der Waals surface area contributed by atoms with Gasteiger partial charge in [-0.1, -0.05) is 12.1 Å². The fourth-order valence-corrected chi connectivity index (χ4v) is 3.21. The number of benzene rings is 1. The van der Waals surface area contributed by atoms with Crippen molar-refractivity contribution in [3.05, 3.63) is 65.0 Å². The van der Waals surface area contributed by atoms with Gasteiger partial charge in [0.1, 0.15) is 0 Å². The van der Waals surface area contributed by atoms with Gasteiger partial charge in [0.15, 0.2) is 0 Å². The number of likely N-dealkylation sites (tertiary alicyclic amines) is 1. The minimum absolute atomic E-state index is 0.179. The van der Waals surface area contributed by atoms with E-state index in [-0.39, 0.29) is 37.4 Å². The zero-order valence-electron chi connectivity index (χ0n) is 14.3. The van der Waals surface area contributed by atoms with E-state index in [1.165, 1.54) is 18.3 Å². The first kappa shape index (κ1) is 18.4. The maximum absolute atomic E-state index is 12.9. The first-order chi connectivity index (χ1) is 12.2. The fourth-order valence-electron chi connectivity index (χ4n) is 3.21. The molecule has 1 amide bonds. The van der Waals surface area contributed by atoms with E-state index >= 15 is 0 Å². The highest BCUT2D eigenvalue weighted by Crippen LogP contribution is 2.37. The summed E-state index contributed by atoms with van der Waals surface area (Å²) in [6.45, 7) is 2.34. The number of aryl methyl sites for hydroxylation is 1. The molecule has 0 spiro atoms. The van der Waals surface area contributed by atoms with Crippen molar-refractivity contribution in [2.24, 2.45) is 0 Å². The summed E-state index contributed by atoms with van der Waals surface area (Å²) in [5, 5.41) is 10.8. The Balaban J connectivity index is 1.75. The number of alkyl halides is 3. The molecule has 3 rings (SSSR count). The summed E-state index contributed by atoms with van der Waals surface area (Å²) >= 11 is 0. The molecule has 0 aliphatic carbocycles. The molecule has 138 valence electrons. The van der Waals surface area contributed by atoms with Gasteiger partial charge < -0.3 is 10.0 Å². The molecular weight excluding hydrogens is 345 g/mol. The van der Waals surface area contributed by atoms with Gasteiger partial charge in [0.25, 0.3) is 5.91 Å². The topological polar surface area (TPSA) is 53.4 Å². The number of aliphatic hydroxyl groups is 1. The number of aromatic nitrogens is 1. The largest absolute Gasteiger partial charge is 0.416 e. The maximum atomic E-state index is 12.9. The molecule has 4 nitrogen and oxygen atoms in total. The normalized spacial score (nSPS) is 17.2. The highest BCUT2D eigenvalue weighted by Gasteiger charge is 2.38. The summed E-state index contributed by atoms with van der Waals surface area (Å²) < 4.78 is 38.7. The smallest absolute Gasteiger partial charge is 0.385 e. The molecule has 0 saturated carbocycles. The molecule has 1 N–H and O–H groups in total. The molecule has 2 heterocycles. The standard InChI is InChI=1S/C19H19F3N2O2/c1-13-5-8-23-12-16(13)17(25)24-9-6-18(26,7-10-24)14-3-2-4-15(11-14)19(20,21)22/h2-5,8,11-12,26H,6-7,9-10H2,1H3. The molecule has 1 aliphatic heterocycles. The van der Waals surface area contributed by atoms with Crippen molar-refractivity contribution in [2.75, 3.05) is 13.1 Å². The second kappa shape index (κ2) is 6.72. The van der Waals surface area contributed by atoms with Crippen molar-refractivity contribution in [2.45, 2.75) is 31.5 Å². The van der Waals surface area contributed by atoms with Crippen LogP contribution in [0.25, 0.3) is 0 Å². The van der Waals surface area contributed by atoms with Gasteiger partial charge in [0, 0.05) is 25.5 Å². The van der Waals surface area contributed by atoms with Crippen LogP contribution in [0.2, 0.25) is 0 Å². The number of nitrogens with zero attached hydrogens (tertiary/aromatic N) is 2. The average Bonchev–Trinajstić information content (AvgIpc) is 2.62. The summed E-state index contributed by atoms with van der Waals surface area (Å²) in [6, 6.07) is 6.51. The van der Waals surface area contributed by atoms with Crippen LogP contribution in [-0.4, -0.2) is 34.0 Å². The number of piperidine rings is 1. The van der Waals surface area contributed by atoms with E-state index in [9.17, 15) is 23.1 Å². The molecule has 1 fully saturated rings. The van der Waals surface area contributed by atoms with Gasteiger partial charge in [-0.3, -0.25) is 9.78 Å². The van der Waals surface area contributed by atoms with Gasteiger partial charge in [-0.05, 0) is 49.1 Å². The number of pyridine rings is 1. The summed E-state index contributed by atoms with van der Waals surface area (Å²) in [5.74, 6) is -0.179. The van der Waals surface area contributed by atoms with Crippen LogP contribution in [0, 0.1) is 6.92 Å². The molecule has 26 heavy (non-hydrogen) atoms. The van der Waals surface area contributed by atoms with Crippen LogP contribution in [0.5, 0.6) is 0 Å². The van der Waals surface area contributed by atoms with Crippen LogP contribution >= 0.6 is 0 Å². The van der Waals surface area contributed by atoms with Gasteiger partial charge in [-0.25, -0.2) is 0 Å². The van der Waals surface area contributed by atoms with Crippen molar-refractivity contribution in [1.29, 1.82) is 0 Å². The lowest BCUT2D eigenvalue weighted by atomic mass is 9.83. The van der Waals surface area contributed by atoms with Crippen LogP contribution in [0.1, 0.15) is 39.9 Å². The van der Waals surface area contributed by atoms with Crippen LogP contribution in [0.4, 0.5) is 13.2 Å². The van der Waals surface area contributed by atoms with E-state index in [1.807, 2.05) is 6.92 Å². The minimum atomic E-state index is -4.46. The number of carbonyl (C=O) groups is 1. The van der Waals surface area contributed by atoms with Crippen LogP contribution in [0.3, 0.4) is 0 Å². The number of carbonyl (C=O) groups excluding carboxylic acids is 1. The third-order valence-corrected chi connectivity index (χ3v) is 4.87. The maximum Gasteiger partial charge on any atom is 0.416 e. The van der Waals surface area contributed by atoms with Crippen molar-refractivity contribution < 1.29 is 23.1 Å². The Morgan fingerprint density at radius 3 is 2.54 bits per heavy atom. The van der Waals surface area contributed by atoms with Crippen molar-refractivity contribution in [1.82, 2.24) is 9.88 Å². The zero-order chi connectivity index (χ0) is 18.9. The Morgan fingerprint density at radius 2 is 1.92 bits per heavy atom. The molecule has 1 saturated heterocycles. The Hall–Kier alpha value is -2.41. The third kappa shape index (κ3) is 3.58. The lowest BCUT2D eigenvalue weighted by molar-refractivity contribution is -0.137. The minimum Gasteiger partial charge on any atom is -0.385 e. The van der Waals surface area contributed by atoms with Gasteiger partial charge in [-0.2, -0.15) is 13.2 Å². The highest BCUT2D eigenvalue weighted by molar-refractivity contribution is 5.95. The van der Waals surface area contributed by atoms with Gasteiger partial charge in [0.2, 0.25) is 0 Å². The van der Waals surface area contributed by atoms with Crippen LogP contribution in [-0.2, 0) is 11.8 Å². The van der Waals surface area contributed by atoms with E-state index in [0.717, 1.165) is 17.7 Å². The molecule has 1 aromatic carbocycles. The number of halogens is 3. The lowest BCUT2D eigenvalue weighted by Crippen LogP contribution is -2.45. The van der Waals surface area contributed by atoms with Crippen LogP contribution in [0.15, 0.2) is 42.7 Å². The summed E-state index contributed by atoms with van der Waals surface area (Å²) in [5.41, 5.74) is -0.618. The van der Waals surface area contributed by atoms with E-state index in [4.69, 9.17) is 0 Å². The van der Waals surface area contributed by atoms with E-state index in [0.29, 0.717) is 5.56 Å². The molecule has 1 aliphatic rings. The van der Waals surface area contributed by atoms with Crippen molar-refractivity contribution >= 4 is 5.91 Å². The molecule has 1 aromatic heterocycles.